The number of carbonyl (C=O) groups is 1. The highest BCUT2D eigenvalue weighted by molar-refractivity contribution is 7.99. The molecule has 1 amide bonds. The van der Waals surface area contributed by atoms with Crippen LogP contribution in [-0.4, -0.2) is 53.0 Å². The topological polar surface area (TPSA) is 74.9 Å². The van der Waals surface area contributed by atoms with Crippen LogP contribution in [0.1, 0.15) is 21.5 Å². The SMILES string of the molecule is C/N=N\N(C)CSCCNC(=O)c1ccc(-n2cccn2)c(C#Cc2ccccc2)c1. The van der Waals surface area contributed by atoms with Gasteiger partial charge in [0.1, 0.15) is 0 Å². The Bertz CT molecular complexity index is 1070. The molecule has 0 saturated carbocycles. The third-order valence-corrected chi connectivity index (χ3v) is 5.23. The minimum Gasteiger partial charge on any atom is -0.351 e. The Hall–Kier alpha value is -3.57. The smallest absolute Gasteiger partial charge is 0.251 e. The van der Waals surface area contributed by atoms with Crippen molar-refractivity contribution in [3.63, 3.8) is 0 Å². The number of nitrogens with zero attached hydrogens (tertiary/aromatic N) is 5. The molecule has 0 saturated heterocycles. The van der Waals surface area contributed by atoms with Crippen LogP contribution in [0.15, 0.2) is 77.3 Å². The van der Waals surface area contributed by atoms with E-state index in [4.69, 9.17) is 0 Å². The number of nitrogens with one attached hydrogen (secondary N) is 1. The van der Waals surface area contributed by atoms with Crippen LogP contribution in [0.5, 0.6) is 0 Å². The number of thioether (sulfide) groups is 1. The number of hydrogen-bond donors (Lipinski definition) is 1. The molecule has 7 nitrogen and oxygen atoms in total. The molecule has 158 valence electrons. The van der Waals surface area contributed by atoms with E-state index in [9.17, 15) is 4.79 Å². The molecule has 0 atom stereocenters. The van der Waals surface area contributed by atoms with Crippen LogP contribution in [-0.2, 0) is 0 Å². The zero-order chi connectivity index (χ0) is 21.9. The summed E-state index contributed by atoms with van der Waals surface area (Å²) in [6.45, 7) is 0.562. The van der Waals surface area contributed by atoms with E-state index in [1.165, 1.54) is 0 Å². The summed E-state index contributed by atoms with van der Waals surface area (Å²) in [6, 6.07) is 17.1. The van der Waals surface area contributed by atoms with Crippen LogP contribution >= 0.6 is 11.8 Å². The minimum absolute atomic E-state index is 0.128. The third kappa shape index (κ3) is 6.73. The molecule has 31 heavy (non-hydrogen) atoms. The first kappa shape index (κ1) is 22.1. The highest BCUT2D eigenvalue weighted by Gasteiger charge is 2.10. The lowest BCUT2D eigenvalue weighted by molar-refractivity contribution is 0.0956. The van der Waals surface area contributed by atoms with Gasteiger partial charge in [0.15, 0.2) is 0 Å². The molecule has 0 unspecified atom stereocenters. The highest BCUT2D eigenvalue weighted by atomic mass is 32.2. The van der Waals surface area contributed by atoms with E-state index < -0.39 is 0 Å². The van der Waals surface area contributed by atoms with Gasteiger partial charge in [0.2, 0.25) is 0 Å². The second-order valence-electron chi connectivity index (χ2n) is 6.54. The van der Waals surface area contributed by atoms with Crippen LogP contribution in [0.4, 0.5) is 0 Å². The molecule has 0 aliphatic carbocycles. The summed E-state index contributed by atoms with van der Waals surface area (Å²) in [5, 5.41) is 16.6. The summed E-state index contributed by atoms with van der Waals surface area (Å²) >= 11 is 1.67. The Labute approximate surface area is 186 Å². The van der Waals surface area contributed by atoms with Crippen molar-refractivity contribution >= 4 is 17.7 Å². The van der Waals surface area contributed by atoms with Crippen LogP contribution < -0.4 is 5.32 Å². The van der Waals surface area contributed by atoms with Crippen LogP contribution in [0.3, 0.4) is 0 Å². The van der Waals surface area contributed by atoms with Gasteiger partial charge in [-0.25, -0.2) is 4.68 Å². The molecular weight excluding hydrogens is 408 g/mol. The van der Waals surface area contributed by atoms with Crippen molar-refractivity contribution in [2.75, 3.05) is 32.3 Å². The van der Waals surface area contributed by atoms with Crippen molar-refractivity contribution < 1.29 is 4.79 Å². The van der Waals surface area contributed by atoms with Crippen molar-refractivity contribution in [2.24, 2.45) is 10.3 Å². The standard InChI is InChI=1S/C23H24N6OS/c1-24-27-28(2)18-31-16-14-25-23(30)21-11-12-22(29-15-6-13-26-29)20(17-21)10-9-19-7-4-3-5-8-19/h3-8,11-13,15,17H,14,16,18H2,1-2H3,(H,25,30)/b27-24-. The normalized spacial score (nSPS) is 10.5. The van der Waals surface area contributed by atoms with Gasteiger partial charge in [0.05, 0.1) is 24.2 Å². The number of amides is 1. The summed E-state index contributed by atoms with van der Waals surface area (Å²) in [7, 11) is 3.50. The predicted octanol–water partition coefficient (Wildman–Crippen LogP) is 3.62. The maximum atomic E-state index is 12.6. The number of rotatable bonds is 8. The molecule has 0 aliphatic rings. The van der Waals surface area contributed by atoms with Crippen molar-refractivity contribution in [1.29, 1.82) is 0 Å². The molecule has 3 aromatic rings. The maximum absolute atomic E-state index is 12.6. The first-order chi connectivity index (χ1) is 15.2. The van der Waals surface area contributed by atoms with Gasteiger partial charge in [-0.3, -0.25) is 9.80 Å². The van der Waals surface area contributed by atoms with E-state index in [2.05, 4.69) is 32.6 Å². The first-order valence-corrected chi connectivity index (χ1v) is 10.9. The fourth-order valence-electron chi connectivity index (χ4n) is 2.76. The molecule has 3 rings (SSSR count). The van der Waals surface area contributed by atoms with Gasteiger partial charge >= 0.3 is 0 Å². The molecule has 0 aliphatic heterocycles. The van der Waals surface area contributed by atoms with E-state index >= 15 is 0 Å². The molecule has 1 aromatic heterocycles. The van der Waals surface area contributed by atoms with Gasteiger partial charge < -0.3 is 5.32 Å². The molecule has 0 spiro atoms. The summed E-state index contributed by atoms with van der Waals surface area (Å²) in [5.41, 5.74) is 3.04. The Morgan fingerprint density at radius 3 is 2.77 bits per heavy atom. The van der Waals surface area contributed by atoms with E-state index in [1.807, 2.05) is 61.8 Å². The molecule has 1 heterocycles. The van der Waals surface area contributed by atoms with Gasteiger partial charge in [0.25, 0.3) is 5.91 Å². The second-order valence-corrected chi connectivity index (χ2v) is 7.61. The Balaban J connectivity index is 1.70. The van der Waals surface area contributed by atoms with Gasteiger partial charge in [-0.15, -0.1) is 11.8 Å². The van der Waals surface area contributed by atoms with Crippen molar-refractivity contribution in [2.45, 2.75) is 0 Å². The third-order valence-electron chi connectivity index (χ3n) is 4.18. The second kappa shape index (κ2) is 11.6. The van der Waals surface area contributed by atoms with Crippen LogP contribution in [0.2, 0.25) is 0 Å². The van der Waals surface area contributed by atoms with Crippen molar-refractivity contribution in [3.05, 3.63) is 83.7 Å². The largest absolute Gasteiger partial charge is 0.351 e. The Morgan fingerprint density at radius 2 is 2.03 bits per heavy atom. The zero-order valence-electron chi connectivity index (χ0n) is 17.5. The van der Waals surface area contributed by atoms with Crippen molar-refractivity contribution in [3.8, 4) is 17.5 Å². The summed E-state index contributed by atoms with van der Waals surface area (Å²) in [5.74, 6) is 7.72. The number of carbonyl (C=O) groups excluding carboxylic acids is 1. The van der Waals surface area contributed by atoms with Crippen LogP contribution in [0.25, 0.3) is 5.69 Å². The molecular formula is C23H24N6OS. The Kier molecular flexibility index (Phi) is 8.26. The lowest BCUT2D eigenvalue weighted by atomic mass is 10.1. The number of aromatic nitrogens is 2. The Morgan fingerprint density at radius 1 is 1.19 bits per heavy atom. The zero-order valence-corrected chi connectivity index (χ0v) is 18.3. The number of hydrogen-bond acceptors (Lipinski definition) is 5. The lowest BCUT2D eigenvalue weighted by Gasteiger charge is -2.11. The average Bonchev–Trinajstić information content (AvgIpc) is 3.33. The summed E-state index contributed by atoms with van der Waals surface area (Å²) in [6.07, 6.45) is 3.57. The van der Waals surface area contributed by atoms with Crippen molar-refractivity contribution in [1.82, 2.24) is 20.1 Å². The highest BCUT2D eigenvalue weighted by Crippen LogP contribution is 2.16. The maximum Gasteiger partial charge on any atom is 0.251 e. The van der Waals surface area contributed by atoms with E-state index in [1.54, 1.807) is 40.8 Å². The molecule has 1 N–H and O–H groups in total. The monoisotopic (exact) mass is 432 g/mol. The lowest BCUT2D eigenvalue weighted by Crippen LogP contribution is -2.26. The molecule has 2 aromatic carbocycles. The number of benzene rings is 2. The molecule has 0 fully saturated rings. The van der Waals surface area contributed by atoms with Crippen LogP contribution in [0, 0.1) is 11.8 Å². The van der Waals surface area contributed by atoms with Gasteiger partial charge in [0, 0.05) is 42.9 Å². The molecule has 8 heteroatoms. The van der Waals surface area contributed by atoms with Gasteiger partial charge in [-0.2, -0.15) is 10.2 Å². The molecule has 0 radical (unpaired) electrons. The fraction of sp³-hybridized carbons (Fsp3) is 0.217. The van der Waals surface area contributed by atoms with E-state index in [-0.39, 0.29) is 5.91 Å². The predicted molar refractivity (Wildman–Crippen MR) is 124 cm³/mol. The quantitative estimate of drug-likeness (QED) is 0.194. The first-order valence-electron chi connectivity index (χ1n) is 9.75. The fourth-order valence-corrected chi connectivity index (χ4v) is 3.45. The van der Waals surface area contributed by atoms with E-state index in [0.717, 1.165) is 22.6 Å². The van der Waals surface area contributed by atoms with Gasteiger partial charge in [-0.05, 0) is 36.4 Å². The summed E-state index contributed by atoms with van der Waals surface area (Å²) < 4.78 is 1.75. The summed E-state index contributed by atoms with van der Waals surface area (Å²) in [4.78, 5) is 12.6. The molecule has 0 bridgehead atoms. The van der Waals surface area contributed by atoms with Gasteiger partial charge in [-0.1, -0.05) is 35.3 Å². The van der Waals surface area contributed by atoms with E-state index in [0.29, 0.717) is 18.0 Å². The minimum atomic E-state index is -0.128. The average molecular weight is 433 g/mol.